The van der Waals surface area contributed by atoms with Gasteiger partial charge in [0.1, 0.15) is 10.8 Å². The maximum atomic E-state index is 4.66. The van der Waals surface area contributed by atoms with Crippen LogP contribution in [0.1, 0.15) is 16.8 Å². The highest BCUT2D eigenvalue weighted by Gasteiger charge is 2.13. The van der Waals surface area contributed by atoms with Crippen molar-refractivity contribution in [3.8, 4) is 0 Å². The molecule has 1 saturated heterocycles. The van der Waals surface area contributed by atoms with Crippen molar-refractivity contribution in [2.45, 2.75) is 36.7 Å². The summed E-state index contributed by atoms with van der Waals surface area (Å²) in [6.07, 6.45) is 1.83. The zero-order valence-electron chi connectivity index (χ0n) is 14.5. The highest BCUT2D eigenvalue weighted by molar-refractivity contribution is 7.99. The van der Waals surface area contributed by atoms with Gasteiger partial charge in [0.15, 0.2) is 0 Å². The lowest BCUT2D eigenvalue weighted by Crippen LogP contribution is -2.51. The van der Waals surface area contributed by atoms with Gasteiger partial charge in [-0.3, -0.25) is 0 Å². The van der Waals surface area contributed by atoms with Crippen molar-refractivity contribution in [1.29, 1.82) is 0 Å². The van der Waals surface area contributed by atoms with E-state index < -0.39 is 0 Å². The molecule has 0 bridgehead atoms. The Hall–Kier alpha value is -1.63. The summed E-state index contributed by atoms with van der Waals surface area (Å²) in [4.78, 5) is 10.5. The van der Waals surface area contributed by atoms with E-state index in [9.17, 15) is 0 Å². The van der Waals surface area contributed by atoms with Crippen LogP contribution in [0.15, 0.2) is 34.3 Å². The van der Waals surface area contributed by atoms with Gasteiger partial charge in [-0.05, 0) is 38.0 Å². The van der Waals surface area contributed by atoms with Gasteiger partial charge < -0.3 is 16.0 Å². The average Bonchev–Trinajstić information content (AvgIpc) is 2.60. The smallest absolute Gasteiger partial charge is 0.144 e. The van der Waals surface area contributed by atoms with Crippen LogP contribution in [-0.4, -0.2) is 42.2 Å². The standard InChI is InChI=1S/C18H25N5S/c1-12-5-4-6-16(13(12)2)24-18-14(3)23-17(11-22-18)21-10-15-9-19-7-8-20-15/h4-6,11,15,19-20H,7-10H2,1-3H3,(H,21,23). The number of nitrogens with zero attached hydrogens (tertiary/aromatic N) is 2. The Bertz CT molecular complexity index is 698. The van der Waals surface area contributed by atoms with E-state index in [-0.39, 0.29) is 0 Å². The van der Waals surface area contributed by atoms with Gasteiger partial charge in [0.25, 0.3) is 0 Å². The van der Waals surface area contributed by atoms with Crippen LogP contribution in [0, 0.1) is 20.8 Å². The number of aromatic nitrogens is 2. The van der Waals surface area contributed by atoms with E-state index in [1.54, 1.807) is 11.8 Å². The van der Waals surface area contributed by atoms with E-state index in [1.807, 2.05) is 13.1 Å². The first-order valence-electron chi connectivity index (χ1n) is 8.39. The van der Waals surface area contributed by atoms with Gasteiger partial charge in [0.05, 0.1) is 11.9 Å². The summed E-state index contributed by atoms with van der Waals surface area (Å²) < 4.78 is 0. The van der Waals surface area contributed by atoms with E-state index in [2.05, 4.69) is 58.0 Å². The number of piperazine rings is 1. The molecule has 1 atom stereocenters. The molecule has 3 rings (SSSR count). The molecule has 0 radical (unpaired) electrons. The Labute approximate surface area is 148 Å². The van der Waals surface area contributed by atoms with Gasteiger partial charge in [-0.15, -0.1) is 0 Å². The van der Waals surface area contributed by atoms with Gasteiger partial charge in [0.2, 0.25) is 0 Å². The van der Waals surface area contributed by atoms with Crippen LogP contribution in [0.5, 0.6) is 0 Å². The summed E-state index contributed by atoms with van der Waals surface area (Å²) in [6.45, 7) is 10.2. The molecule has 1 aromatic heterocycles. The normalized spacial score (nSPS) is 17.7. The molecule has 5 nitrogen and oxygen atoms in total. The molecule has 2 aromatic rings. The minimum atomic E-state index is 0.435. The molecule has 6 heteroatoms. The maximum absolute atomic E-state index is 4.66. The third-order valence-corrected chi connectivity index (χ3v) is 5.57. The number of anilines is 1. The third kappa shape index (κ3) is 4.26. The largest absolute Gasteiger partial charge is 0.367 e. The molecule has 1 unspecified atom stereocenters. The Morgan fingerprint density at radius 3 is 2.88 bits per heavy atom. The predicted octanol–water partition coefficient (Wildman–Crippen LogP) is 2.53. The Morgan fingerprint density at radius 1 is 1.25 bits per heavy atom. The van der Waals surface area contributed by atoms with Gasteiger partial charge in [-0.2, -0.15) is 0 Å². The van der Waals surface area contributed by atoms with Crippen molar-refractivity contribution in [3.63, 3.8) is 0 Å². The highest BCUT2D eigenvalue weighted by Crippen LogP contribution is 2.31. The summed E-state index contributed by atoms with van der Waals surface area (Å²) in [7, 11) is 0. The van der Waals surface area contributed by atoms with Crippen molar-refractivity contribution in [2.75, 3.05) is 31.5 Å². The minimum absolute atomic E-state index is 0.435. The quantitative estimate of drug-likeness (QED) is 0.775. The van der Waals surface area contributed by atoms with E-state index in [0.717, 1.165) is 42.7 Å². The fourth-order valence-electron chi connectivity index (χ4n) is 2.68. The van der Waals surface area contributed by atoms with Crippen LogP contribution in [0.2, 0.25) is 0 Å². The molecule has 24 heavy (non-hydrogen) atoms. The van der Waals surface area contributed by atoms with Crippen LogP contribution in [0.4, 0.5) is 5.82 Å². The summed E-state index contributed by atoms with van der Waals surface area (Å²) >= 11 is 1.69. The van der Waals surface area contributed by atoms with Crippen LogP contribution in [0.3, 0.4) is 0 Å². The van der Waals surface area contributed by atoms with Crippen molar-refractivity contribution in [1.82, 2.24) is 20.6 Å². The number of rotatable bonds is 5. The fraction of sp³-hybridized carbons (Fsp3) is 0.444. The Kier molecular flexibility index (Phi) is 5.71. The minimum Gasteiger partial charge on any atom is -0.367 e. The predicted molar refractivity (Wildman–Crippen MR) is 100.0 cm³/mol. The zero-order chi connectivity index (χ0) is 16.9. The van der Waals surface area contributed by atoms with Gasteiger partial charge in [-0.25, -0.2) is 9.97 Å². The van der Waals surface area contributed by atoms with E-state index >= 15 is 0 Å². The van der Waals surface area contributed by atoms with Crippen molar-refractivity contribution in [2.24, 2.45) is 0 Å². The third-order valence-electron chi connectivity index (χ3n) is 4.32. The van der Waals surface area contributed by atoms with Crippen molar-refractivity contribution < 1.29 is 0 Å². The van der Waals surface area contributed by atoms with E-state index in [1.165, 1.54) is 16.0 Å². The lowest BCUT2D eigenvalue weighted by atomic mass is 10.1. The lowest BCUT2D eigenvalue weighted by Gasteiger charge is -2.24. The summed E-state index contributed by atoms with van der Waals surface area (Å²) in [5, 5.41) is 11.2. The second-order valence-corrected chi connectivity index (χ2v) is 7.21. The SMILES string of the molecule is Cc1cccc(Sc2ncc(NCC3CNCCN3)nc2C)c1C. The molecule has 0 aliphatic carbocycles. The molecular formula is C18H25N5S. The number of aryl methyl sites for hydroxylation is 2. The number of hydrogen-bond donors (Lipinski definition) is 3. The van der Waals surface area contributed by atoms with Crippen LogP contribution in [0.25, 0.3) is 0 Å². The second kappa shape index (κ2) is 7.96. The first-order valence-corrected chi connectivity index (χ1v) is 9.21. The van der Waals surface area contributed by atoms with Gasteiger partial charge in [-0.1, -0.05) is 23.9 Å². The van der Waals surface area contributed by atoms with Crippen molar-refractivity contribution >= 4 is 17.6 Å². The Morgan fingerprint density at radius 2 is 2.12 bits per heavy atom. The highest BCUT2D eigenvalue weighted by atomic mass is 32.2. The average molecular weight is 344 g/mol. The van der Waals surface area contributed by atoms with E-state index in [4.69, 9.17) is 0 Å². The molecule has 1 aromatic carbocycles. The molecule has 0 spiro atoms. The molecule has 1 fully saturated rings. The first-order chi connectivity index (χ1) is 11.6. The molecule has 0 amide bonds. The zero-order valence-corrected chi connectivity index (χ0v) is 15.3. The molecule has 0 saturated carbocycles. The second-order valence-electron chi connectivity index (χ2n) is 6.18. The molecule has 128 valence electrons. The number of hydrogen-bond acceptors (Lipinski definition) is 6. The summed E-state index contributed by atoms with van der Waals surface area (Å²) in [5.41, 5.74) is 3.57. The monoisotopic (exact) mass is 343 g/mol. The van der Waals surface area contributed by atoms with Crippen molar-refractivity contribution in [3.05, 3.63) is 41.2 Å². The topological polar surface area (TPSA) is 61.9 Å². The molecular weight excluding hydrogens is 318 g/mol. The maximum Gasteiger partial charge on any atom is 0.144 e. The van der Waals surface area contributed by atoms with Crippen LogP contribution < -0.4 is 16.0 Å². The van der Waals surface area contributed by atoms with E-state index in [0.29, 0.717) is 6.04 Å². The molecule has 3 N–H and O–H groups in total. The summed E-state index contributed by atoms with van der Waals surface area (Å²) in [5.74, 6) is 0.838. The molecule has 1 aliphatic heterocycles. The summed E-state index contributed by atoms with van der Waals surface area (Å²) in [6, 6.07) is 6.81. The molecule has 1 aliphatic rings. The number of benzene rings is 1. The van der Waals surface area contributed by atoms with Crippen LogP contribution in [-0.2, 0) is 0 Å². The first kappa shape index (κ1) is 17.2. The van der Waals surface area contributed by atoms with Crippen LogP contribution >= 0.6 is 11.8 Å². The Balaban J connectivity index is 1.64. The number of nitrogens with one attached hydrogen (secondary N) is 3. The fourth-order valence-corrected chi connectivity index (χ4v) is 3.65. The van der Waals surface area contributed by atoms with Gasteiger partial charge >= 0.3 is 0 Å². The van der Waals surface area contributed by atoms with Gasteiger partial charge in [0, 0.05) is 37.1 Å². The lowest BCUT2D eigenvalue weighted by molar-refractivity contribution is 0.431. The molecule has 2 heterocycles.